The van der Waals surface area contributed by atoms with E-state index < -0.39 is 0 Å². The van der Waals surface area contributed by atoms with Gasteiger partial charge in [-0.15, -0.1) is 11.3 Å². The van der Waals surface area contributed by atoms with Crippen LogP contribution in [0, 0.1) is 18.3 Å². The molecule has 118 valence electrons. The first-order valence-corrected chi connectivity index (χ1v) is 8.85. The van der Waals surface area contributed by atoms with Gasteiger partial charge in [-0.25, -0.2) is 4.98 Å². The number of aromatic nitrogens is 1. The first kappa shape index (κ1) is 16.4. The molecule has 0 aliphatic carbocycles. The molecular formula is C18H13BrN4S. The molecule has 0 spiro atoms. The molecule has 0 saturated carbocycles. The molecule has 3 aromatic rings. The maximum absolute atomic E-state index is 9.36. The second-order valence-electron chi connectivity index (χ2n) is 5.09. The van der Waals surface area contributed by atoms with Gasteiger partial charge in [-0.1, -0.05) is 45.8 Å². The highest BCUT2D eigenvalue weighted by molar-refractivity contribution is 9.10. The maximum Gasteiger partial charge on any atom is 0.196 e. The lowest BCUT2D eigenvalue weighted by molar-refractivity contribution is 1.30. The van der Waals surface area contributed by atoms with Crippen LogP contribution in [-0.4, -0.2) is 10.7 Å². The molecule has 6 heteroatoms. The van der Waals surface area contributed by atoms with Crippen LogP contribution in [0.1, 0.15) is 10.6 Å². The molecule has 0 amide bonds. The Hall–Kier alpha value is -2.49. The summed E-state index contributed by atoms with van der Waals surface area (Å²) in [6, 6.07) is 17.8. The summed E-state index contributed by atoms with van der Waals surface area (Å²) in [5.41, 5.74) is 7.01. The third-order valence-electron chi connectivity index (χ3n) is 3.30. The summed E-state index contributed by atoms with van der Waals surface area (Å²) in [5, 5.41) is 16.1. The molecule has 24 heavy (non-hydrogen) atoms. The van der Waals surface area contributed by atoms with E-state index in [0.717, 1.165) is 21.4 Å². The van der Waals surface area contributed by atoms with Gasteiger partial charge in [-0.3, -0.25) is 5.43 Å². The van der Waals surface area contributed by atoms with E-state index in [4.69, 9.17) is 0 Å². The molecule has 0 saturated heterocycles. The van der Waals surface area contributed by atoms with Crippen LogP contribution in [0.25, 0.3) is 11.3 Å². The van der Waals surface area contributed by atoms with Crippen molar-refractivity contribution in [2.45, 2.75) is 6.92 Å². The number of rotatable bonds is 4. The fraction of sp³-hybridized carbons (Fsp3) is 0.0556. The number of nitriles is 1. The molecular weight excluding hydrogens is 384 g/mol. The number of nitrogens with one attached hydrogen (secondary N) is 1. The largest absolute Gasteiger partial charge is 0.277 e. The van der Waals surface area contributed by atoms with Gasteiger partial charge in [0.25, 0.3) is 0 Å². The van der Waals surface area contributed by atoms with Gasteiger partial charge >= 0.3 is 0 Å². The topological polar surface area (TPSA) is 61.1 Å². The normalized spacial score (nSPS) is 11.1. The molecule has 0 radical (unpaired) electrons. The number of aryl methyl sites for hydroxylation is 1. The van der Waals surface area contributed by atoms with Crippen molar-refractivity contribution in [2.24, 2.45) is 5.10 Å². The van der Waals surface area contributed by atoms with Gasteiger partial charge in [0.15, 0.2) is 10.7 Å². The Bertz CT molecular complexity index is 905. The zero-order valence-corrected chi connectivity index (χ0v) is 15.2. The quantitative estimate of drug-likeness (QED) is 0.485. The minimum Gasteiger partial charge on any atom is -0.277 e. The van der Waals surface area contributed by atoms with Crippen LogP contribution in [0.5, 0.6) is 0 Å². The number of hydrogen-bond acceptors (Lipinski definition) is 5. The van der Waals surface area contributed by atoms with Gasteiger partial charge in [-0.2, -0.15) is 10.4 Å². The highest BCUT2D eigenvalue weighted by atomic mass is 79.9. The van der Waals surface area contributed by atoms with Crippen molar-refractivity contribution in [3.05, 3.63) is 69.0 Å². The standard InChI is InChI=1S/C18H13BrN4S/c1-12-2-8-15(9-3-12)22-23-16(10-20)18-21-17(11-24-18)13-4-6-14(19)7-5-13/h2-9,11,22H,1H3. The third-order valence-corrected chi connectivity index (χ3v) is 4.68. The number of benzene rings is 2. The van der Waals surface area contributed by atoms with Crippen LogP contribution < -0.4 is 5.43 Å². The lowest BCUT2D eigenvalue weighted by atomic mass is 10.2. The SMILES string of the molecule is Cc1ccc(NN=C(C#N)c2nc(-c3ccc(Br)cc3)cs2)cc1. The molecule has 0 aliphatic heterocycles. The Labute approximate surface area is 152 Å². The average molecular weight is 397 g/mol. The molecule has 3 rings (SSSR count). The van der Waals surface area contributed by atoms with E-state index in [-0.39, 0.29) is 5.71 Å². The van der Waals surface area contributed by atoms with E-state index in [1.165, 1.54) is 16.9 Å². The number of nitrogens with zero attached hydrogens (tertiary/aromatic N) is 3. The molecule has 0 atom stereocenters. The minimum atomic E-state index is 0.268. The Morgan fingerprint density at radius 1 is 1.17 bits per heavy atom. The molecule has 1 aromatic heterocycles. The van der Waals surface area contributed by atoms with Gasteiger partial charge in [0.1, 0.15) is 6.07 Å². The summed E-state index contributed by atoms with van der Waals surface area (Å²) in [6.07, 6.45) is 0. The number of halogens is 1. The summed E-state index contributed by atoms with van der Waals surface area (Å²) < 4.78 is 1.02. The Morgan fingerprint density at radius 3 is 2.54 bits per heavy atom. The van der Waals surface area contributed by atoms with Crippen molar-refractivity contribution in [3.8, 4) is 17.3 Å². The highest BCUT2D eigenvalue weighted by Gasteiger charge is 2.10. The van der Waals surface area contributed by atoms with E-state index in [0.29, 0.717) is 5.01 Å². The first-order valence-electron chi connectivity index (χ1n) is 7.18. The van der Waals surface area contributed by atoms with Crippen molar-refractivity contribution < 1.29 is 0 Å². The first-order chi connectivity index (χ1) is 11.7. The smallest absolute Gasteiger partial charge is 0.196 e. The van der Waals surface area contributed by atoms with E-state index in [1.54, 1.807) is 0 Å². The van der Waals surface area contributed by atoms with Crippen LogP contribution in [0.15, 0.2) is 63.5 Å². The van der Waals surface area contributed by atoms with Crippen LogP contribution in [0.2, 0.25) is 0 Å². The number of hydrogen-bond donors (Lipinski definition) is 1. The van der Waals surface area contributed by atoms with Crippen molar-refractivity contribution in [1.82, 2.24) is 4.98 Å². The number of hydrazone groups is 1. The minimum absolute atomic E-state index is 0.268. The van der Waals surface area contributed by atoms with Crippen LogP contribution >= 0.6 is 27.3 Å². The predicted molar refractivity (Wildman–Crippen MR) is 102 cm³/mol. The molecule has 0 unspecified atom stereocenters. The van der Waals surface area contributed by atoms with Crippen LogP contribution in [-0.2, 0) is 0 Å². The molecule has 0 aliphatic rings. The van der Waals surface area contributed by atoms with E-state index in [1.807, 2.05) is 60.8 Å². The molecule has 0 fully saturated rings. The van der Waals surface area contributed by atoms with Gasteiger partial charge in [0.2, 0.25) is 0 Å². The molecule has 0 bridgehead atoms. The van der Waals surface area contributed by atoms with E-state index in [2.05, 4.69) is 37.5 Å². The van der Waals surface area contributed by atoms with Crippen LogP contribution in [0.3, 0.4) is 0 Å². The van der Waals surface area contributed by atoms with Crippen molar-refractivity contribution in [3.63, 3.8) is 0 Å². The Kier molecular flexibility index (Phi) is 5.04. The van der Waals surface area contributed by atoms with Gasteiger partial charge in [0.05, 0.1) is 11.4 Å². The highest BCUT2D eigenvalue weighted by Crippen LogP contribution is 2.24. The van der Waals surface area contributed by atoms with Gasteiger partial charge in [0, 0.05) is 15.4 Å². The van der Waals surface area contributed by atoms with Gasteiger partial charge < -0.3 is 0 Å². The predicted octanol–water partition coefficient (Wildman–Crippen LogP) is 5.22. The lowest BCUT2D eigenvalue weighted by Crippen LogP contribution is -2.01. The average Bonchev–Trinajstić information content (AvgIpc) is 3.08. The lowest BCUT2D eigenvalue weighted by Gasteiger charge is -2.01. The molecule has 1 N–H and O–H groups in total. The zero-order chi connectivity index (χ0) is 16.9. The summed E-state index contributed by atoms with van der Waals surface area (Å²) in [5.74, 6) is 0. The monoisotopic (exact) mass is 396 g/mol. The zero-order valence-electron chi connectivity index (χ0n) is 12.8. The number of anilines is 1. The van der Waals surface area contributed by atoms with Crippen LogP contribution in [0.4, 0.5) is 5.69 Å². The van der Waals surface area contributed by atoms with E-state index in [9.17, 15) is 5.26 Å². The van der Waals surface area contributed by atoms with Crippen molar-refractivity contribution >= 4 is 38.7 Å². The molecule has 2 aromatic carbocycles. The summed E-state index contributed by atoms with van der Waals surface area (Å²) >= 11 is 4.82. The van der Waals surface area contributed by atoms with Gasteiger partial charge in [-0.05, 0) is 31.2 Å². The fourth-order valence-corrected chi connectivity index (χ4v) is 3.04. The van der Waals surface area contributed by atoms with Crippen molar-refractivity contribution in [2.75, 3.05) is 5.43 Å². The second kappa shape index (κ2) is 7.39. The second-order valence-corrected chi connectivity index (χ2v) is 6.87. The summed E-state index contributed by atoms with van der Waals surface area (Å²) in [7, 11) is 0. The summed E-state index contributed by atoms with van der Waals surface area (Å²) in [4.78, 5) is 4.52. The third kappa shape index (κ3) is 3.88. The Morgan fingerprint density at radius 2 is 1.88 bits per heavy atom. The molecule has 4 nitrogen and oxygen atoms in total. The fourth-order valence-electron chi connectivity index (χ4n) is 2.00. The Balaban J connectivity index is 1.81. The van der Waals surface area contributed by atoms with E-state index >= 15 is 0 Å². The maximum atomic E-state index is 9.36. The summed E-state index contributed by atoms with van der Waals surface area (Å²) in [6.45, 7) is 2.02. The molecule has 1 heterocycles. The van der Waals surface area contributed by atoms with Crippen molar-refractivity contribution in [1.29, 1.82) is 5.26 Å². The number of thiazole rings is 1.